The molecule has 4 rings (SSSR count). The van der Waals surface area contributed by atoms with Crippen LogP contribution < -0.4 is 34.7 Å². The maximum absolute atomic E-state index is 14.4. The summed E-state index contributed by atoms with van der Waals surface area (Å²) in [6, 6.07) is 15.1. The topological polar surface area (TPSA) is 126 Å². The first-order valence-corrected chi connectivity index (χ1v) is 15.3. The largest absolute Gasteiger partial charge is 1.00 e. The number of aliphatic carboxylic acids is 1. The van der Waals surface area contributed by atoms with Gasteiger partial charge in [0.25, 0.3) is 0 Å². The summed E-state index contributed by atoms with van der Waals surface area (Å²) < 4.78 is 46.2. The first kappa shape index (κ1) is 34.4. The second kappa shape index (κ2) is 15.1. The van der Waals surface area contributed by atoms with Gasteiger partial charge in [-0.3, -0.25) is 0 Å². The van der Waals surface area contributed by atoms with Crippen molar-refractivity contribution in [2.75, 3.05) is 33.2 Å². The molecule has 0 spiro atoms. The van der Waals surface area contributed by atoms with E-state index in [0.717, 1.165) is 0 Å². The molecule has 0 amide bonds. The number of aliphatic hydroxyl groups excluding tert-OH is 2. The number of rotatable bonds is 12. The average molecular weight is 610 g/mol. The van der Waals surface area contributed by atoms with Gasteiger partial charge in [-0.1, -0.05) is 37.3 Å². The Hall–Kier alpha value is -2.09. The fourth-order valence-electron chi connectivity index (χ4n) is 5.44. The Morgan fingerprint density at radius 1 is 0.976 bits per heavy atom. The Morgan fingerprint density at radius 3 is 2.17 bits per heavy atom. The molecule has 3 aromatic rings. The van der Waals surface area contributed by atoms with E-state index >= 15 is 0 Å². The number of carboxylic acid groups (broad SMARTS) is 1. The number of halogens is 1. The minimum Gasteiger partial charge on any atom is -0.550 e. The van der Waals surface area contributed by atoms with Gasteiger partial charge in [-0.15, -0.1) is 0 Å². The summed E-state index contributed by atoms with van der Waals surface area (Å²) in [5.41, 5.74) is 2.97. The van der Waals surface area contributed by atoms with Crippen molar-refractivity contribution >= 4 is 16.0 Å². The van der Waals surface area contributed by atoms with Gasteiger partial charge in [-0.2, -0.15) is 4.31 Å². The molecular formula is C30H37FN3NaO6S. The number of benzene rings is 2. The normalized spacial score (nSPS) is 16.1. The zero-order chi connectivity index (χ0) is 29.7. The fourth-order valence-corrected chi connectivity index (χ4v) is 7.37. The number of carboxylic acids is 1. The smallest absolute Gasteiger partial charge is 0.550 e. The number of aliphatic hydroxyl groups is 2. The number of carbonyl (C=O) groups is 1. The van der Waals surface area contributed by atoms with E-state index in [1.165, 1.54) is 16.4 Å². The molecule has 2 atom stereocenters. The first-order valence-electron chi connectivity index (χ1n) is 13.8. The van der Waals surface area contributed by atoms with Crippen LogP contribution in [-0.4, -0.2) is 83.8 Å². The van der Waals surface area contributed by atoms with Crippen molar-refractivity contribution in [3.8, 4) is 22.4 Å². The Labute approximate surface area is 268 Å². The van der Waals surface area contributed by atoms with Gasteiger partial charge in [0.1, 0.15) is 10.7 Å². The number of sulfonamides is 1. The Kier molecular flexibility index (Phi) is 12.3. The van der Waals surface area contributed by atoms with Crippen molar-refractivity contribution in [1.29, 1.82) is 0 Å². The van der Waals surface area contributed by atoms with E-state index < -0.39 is 40.4 Å². The zero-order valence-corrected chi connectivity index (χ0v) is 27.2. The minimum absolute atomic E-state index is 0. The van der Waals surface area contributed by atoms with Crippen molar-refractivity contribution in [3.05, 3.63) is 66.1 Å². The summed E-state index contributed by atoms with van der Waals surface area (Å²) in [7, 11) is -2.01. The van der Waals surface area contributed by atoms with E-state index in [2.05, 4.69) is 4.90 Å². The molecule has 0 unspecified atom stereocenters. The molecule has 1 fully saturated rings. The molecule has 2 aromatic carbocycles. The summed E-state index contributed by atoms with van der Waals surface area (Å²) in [6.45, 7) is 3.97. The molecule has 1 aliphatic rings. The molecule has 1 saturated heterocycles. The van der Waals surface area contributed by atoms with Crippen LogP contribution in [0.2, 0.25) is 0 Å². The van der Waals surface area contributed by atoms with Gasteiger partial charge in [0.05, 0.1) is 17.9 Å². The molecule has 1 aromatic heterocycles. The van der Waals surface area contributed by atoms with Gasteiger partial charge in [-0.25, -0.2) is 12.8 Å². The second-order valence-corrected chi connectivity index (χ2v) is 12.4. The Balaban J connectivity index is 0.00000484. The number of aromatic nitrogens is 1. The maximum atomic E-state index is 14.4. The fraction of sp³-hybridized carbons (Fsp3) is 0.433. The van der Waals surface area contributed by atoms with Crippen molar-refractivity contribution in [3.63, 3.8) is 0 Å². The van der Waals surface area contributed by atoms with Gasteiger partial charge in [-0.05, 0) is 61.7 Å². The molecule has 9 nitrogen and oxygen atoms in total. The molecular weight excluding hydrogens is 572 g/mol. The third-order valence-corrected chi connectivity index (χ3v) is 9.53. The molecule has 0 bridgehead atoms. The van der Waals surface area contributed by atoms with Crippen molar-refractivity contribution in [2.45, 2.75) is 56.3 Å². The quantitative estimate of drug-likeness (QED) is 0.255. The Bertz CT molecular complexity index is 1440. The van der Waals surface area contributed by atoms with E-state index in [1.807, 2.05) is 48.9 Å². The van der Waals surface area contributed by atoms with Crippen molar-refractivity contribution in [1.82, 2.24) is 13.8 Å². The van der Waals surface area contributed by atoms with Gasteiger partial charge in [0.2, 0.25) is 10.0 Å². The van der Waals surface area contributed by atoms with Crippen LogP contribution >= 0.6 is 0 Å². The number of likely N-dealkylation sites (N-methyl/N-ethyl adjacent to an activating group) is 1. The van der Waals surface area contributed by atoms with Crippen LogP contribution in [-0.2, 0) is 27.8 Å². The van der Waals surface area contributed by atoms with Gasteiger partial charge < -0.3 is 29.6 Å². The molecule has 0 saturated carbocycles. The monoisotopic (exact) mass is 609 g/mol. The molecule has 2 N–H and O–H groups in total. The third-order valence-electron chi connectivity index (χ3n) is 7.53. The summed E-state index contributed by atoms with van der Waals surface area (Å²) >= 11 is 0. The maximum Gasteiger partial charge on any atom is 1.00 e. The van der Waals surface area contributed by atoms with Crippen LogP contribution in [0.4, 0.5) is 4.39 Å². The van der Waals surface area contributed by atoms with E-state index in [0.29, 0.717) is 60.7 Å². The number of piperazine rings is 1. The summed E-state index contributed by atoms with van der Waals surface area (Å²) in [6.07, 6.45) is -2.58. The van der Waals surface area contributed by atoms with Crippen molar-refractivity contribution < 1.29 is 62.5 Å². The predicted octanol–water partition coefficient (Wildman–Crippen LogP) is -0.894. The predicted molar refractivity (Wildman–Crippen MR) is 152 cm³/mol. The van der Waals surface area contributed by atoms with Crippen LogP contribution in [0.5, 0.6) is 0 Å². The van der Waals surface area contributed by atoms with Crippen LogP contribution in [0.1, 0.15) is 31.9 Å². The van der Waals surface area contributed by atoms with Crippen LogP contribution in [0.15, 0.2) is 59.5 Å². The first-order chi connectivity index (χ1) is 19.5. The van der Waals surface area contributed by atoms with E-state index in [1.54, 1.807) is 12.1 Å². The molecule has 1 aliphatic heterocycles. The van der Waals surface area contributed by atoms with E-state index in [-0.39, 0.29) is 53.8 Å². The molecule has 0 radical (unpaired) electrons. The van der Waals surface area contributed by atoms with Crippen LogP contribution in [0.3, 0.4) is 0 Å². The SMILES string of the molecule is CCc1c(S(=O)(=O)N2CCN(C)CC2)c(-c2ccccc2)c(-c2ccc(F)cc2)n1CC[C@@H](O)C[C@@H](O)CC(=O)[O-].[Na+]. The number of hydrogen-bond acceptors (Lipinski definition) is 7. The van der Waals surface area contributed by atoms with Crippen LogP contribution in [0, 0.1) is 5.82 Å². The standard InChI is InChI=1S/C30H38FN3O6S.Na/c1-3-26-30(41(39,40)33-17-15-32(2)16-18-33)28(21-7-5-4-6-8-21)29(22-9-11-23(31)12-10-22)34(26)14-13-24(35)19-25(36)20-27(37)38;/h4-12,24-25,35-36H,3,13-20H2,1-2H3,(H,37,38);/q;+1/p-1/t24-,25-;/m1./s1. The summed E-state index contributed by atoms with van der Waals surface area (Å²) in [5.74, 6) is -1.83. The Morgan fingerprint density at radius 2 is 1.60 bits per heavy atom. The number of nitrogens with zero attached hydrogens (tertiary/aromatic N) is 3. The van der Waals surface area contributed by atoms with E-state index in [4.69, 9.17) is 0 Å². The second-order valence-electron chi connectivity index (χ2n) is 10.5. The molecule has 12 heteroatoms. The molecule has 42 heavy (non-hydrogen) atoms. The van der Waals surface area contributed by atoms with E-state index in [9.17, 15) is 32.9 Å². The number of hydrogen-bond donors (Lipinski definition) is 2. The third kappa shape index (κ3) is 7.89. The molecule has 222 valence electrons. The van der Waals surface area contributed by atoms with Gasteiger partial charge >= 0.3 is 29.6 Å². The summed E-state index contributed by atoms with van der Waals surface area (Å²) in [5, 5.41) is 31.5. The van der Waals surface area contributed by atoms with Crippen molar-refractivity contribution in [2.24, 2.45) is 0 Å². The zero-order valence-electron chi connectivity index (χ0n) is 24.4. The van der Waals surface area contributed by atoms with Gasteiger partial charge in [0.15, 0.2) is 0 Å². The number of carbonyl (C=O) groups excluding carboxylic acids is 1. The molecule has 2 heterocycles. The summed E-state index contributed by atoms with van der Waals surface area (Å²) in [4.78, 5) is 13.1. The molecule has 0 aliphatic carbocycles. The van der Waals surface area contributed by atoms with Gasteiger partial charge in [0, 0.05) is 56.4 Å². The van der Waals surface area contributed by atoms with Crippen LogP contribution in [0.25, 0.3) is 22.4 Å². The minimum atomic E-state index is -3.96. The average Bonchev–Trinajstić information content (AvgIpc) is 3.27.